The van der Waals surface area contributed by atoms with Gasteiger partial charge in [-0.05, 0) is 187 Å². The molecule has 0 spiro atoms. The molecule has 13 aromatic rings. The van der Waals surface area contributed by atoms with Crippen molar-refractivity contribution in [2.75, 3.05) is 0 Å². The third kappa shape index (κ3) is 6.62. The first-order valence-corrected chi connectivity index (χ1v) is 24.2. The number of rotatable bonds is 4. The average Bonchev–Trinajstić information content (AvgIpc) is 3.78. The Labute approximate surface area is 405 Å². The molecule has 1 aliphatic rings. The van der Waals surface area contributed by atoms with Crippen LogP contribution in [0.4, 0.5) is 0 Å². The van der Waals surface area contributed by atoms with Crippen LogP contribution >= 0.6 is 0 Å². The van der Waals surface area contributed by atoms with E-state index in [9.17, 15) is 0 Å². The Morgan fingerprint density at radius 3 is 1.46 bits per heavy atom. The van der Waals surface area contributed by atoms with Crippen LogP contribution in [0.2, 0.25) is 0 Å². The van der Waals surface area contributed by atoms with Gasteiger partial charge in [-0.25, -0.2) is 0 Å². The second-order valence-electron chi connectivity index (χ2n) is 18.8. The summed E-state index contributed by atoms with van der Waals surface area (Å²) in [5.41, 5.74) is 12.1. The molecule has 0 unspecified atom stereocenters. The minimum atomic E-state index is 0.782. The zero-order chi connectivity index (χ0) is 46.3. The van der Waals surface area contributed by atoms with Crippen molar-refractivity contribution in [2.45, 2.75) is 6.42 Å². The molecule has 0 aliphatic heterocycles. The van der Waals surface area contributed by atoms with Gasteiger partial charge in [-0.15, -0.1) is 0 Å². The fraction of sp³-hybridized carbons (Fsp3) is 0.0145. The molecule has 0 saturated heterocycles. The van der Waals surface area contributed by atoms with E-state index in [-0.39, 0.29) is 0 Å². The molecule has 0 radical (unpaired) electrons. The fourth-order valence-electron chi connectivity index (χ4n) is 11.3. The molecule has 12 aromatic carbocycles. The van der Waals surface area contributed by atoms with Crippen molar-refractivity contribution in [2.24, 2.45) is 0 Å². The third-order valence-electron chi connectivity index (χ3n) is 14.7. The number of fused-ring (bicyclic) bond motifs is 14. The largest absolute Gasteiger partial charge is 0.456 e. The molecule has 0 fully saturated rings. The van der Waals surface area contributed by atoms with E-state index in [1.165, 1.54) is 92.1 Å². The summed E-state index contributed by atoms with van der Waals surface area (Å²) in [5, 5.41) is 19.9. The van der Waals surface area contributed by atoms with Gasteiger partial charge in [0, 0.05) is 10.8 Å². The molecule has 1 aliphatic carbocycles. The molecule has 1 aromatic heterocycles. The summed E-state index contributed by atoms with van der Waals surface area (Å²) in [6, 6.07) is 75.7. The van der Waals surface area contributed by atoms with Gasteiger partial charge in [-0.1, -0.05) is 195 Å². The Kier molecular flexibility index (Phi) is 9.19. The highest BCUT2D eigenvalue weighted by Gasteiger charge is 2.16. The van der Waals surface area contributed by atoms with Crippen LogP contribution in [0.25, 0.3) is 131 Å². The van der Waals surface area contributed by atoms with Gasteiger partial charge in [0.2, 0.25) is 0 Å². The summed E-state index contributed by atoms with van der Waals surface area (Å²) < 4.78 is 6.68. The first-order valence-electron chi connectivity index (χ1n) is 24.2. The summed E-state index contributed by atoms with van der Waals surface area (Å²) in [6.45, 7) is 4.51. The lowest BCUT2D eigenvalue weighted by Crippen LogP contribution is -1.90. The maximum absolute atomic E-state index is 6.68. The van der Waals surface area contributed by atoms with E-state index in [0.29, 0.717) is 0 Å². The minimum absolute atomic E-state index is 0.782. The number of benzene rings is 12. The van der Waals surface area contributed by atoms with Crippen LogP contribution in [-0.4, -0.2) is 0 Å². The van der Waals surface area contributed by atoms with Crippen molar-refractivity contribution in [3.8, 4) is 22.3 Å². The summed E-state index contributed by atoms with van der Waals surface area (Å²) >= 11 is 0. The highest BCUT2D eigenvalue weighted by molar-refractivity contribution is 6.25. The molecule has 1 heteroatoms. The molecule has 326 valence electrons. The Morgan fingerprint density at radius 2 is 0.800 bits per heavy atom. The zero-order valence-corrected chi connectivity index (χ0v) is 38.4. The normalized spacial score (nSPS) is 15.1. The summed E-state index contributed by atoms with van der Waals surface area (Å²) in [7, 11) is 0. The van der Waals surface area contributed by atoms with Crippen LogP contribution in [0.15, 0.2) is 259 Å². The number of allylic oxidation sites excluding steroid dienone is 9. The van der Waals surface area contributed by atoms with E-state index in [2.05, 4.69) is 249 Å². The van der Waals surface area contributed by atoms with E-state index >= 15 is 0 Å². The Morgan fingerprint density at radius 1 is 0.329 bits per heavy atom. The maximum Gasteiger partial charge on any atom is 0.136 e. The average molecular weight is 889 g/mol. The highest BCUT2D eigenvalue weighted by atomic mass is 16.3. The van der Waals surface area contributed by atoms with Crippen LogP contribution in [0.5, 0.6) is 0 Å². The number of hydrogen-bond donors (Lipinski definition) is 0. The number of furan rings is 1. The number of hydrogen-bond acceptors (Lipinski definition) is 1. The summed E-state index contributed by atoms with van der Waals surface area (Å²) in [5.74, 6) is 0. The monoisotopic (exact) mass is 888 g/mol. The molecule has 1 heterocycles. The van der Waals surface area contributed by atoms with Crippen LogP contribution in [0, 0.1) is 0 Å². The lowest BCUT2D eigenvalue weighted by Gasteiger charge is -2.15. The van der Waals surface area contributed by atoms with Gasteiger partial charge in [0.15, 0.2) is 0 Å². The highest BCUT2D eigenvalue weighted by Crippen LogP contribution is 2.42. The smallest absolute Gasteiger partial charge is 0.136 e. The van der Waals surface area contributed by atoms with Crippen LogP contribution in [0.1, 0.15) is 17.5 Å². The Bertz CT molecular complexity index is 4480. The van der Waals surface area contributed by atoms with Gasteiger partial charge in [-0.3, -0.25) is 0 Å². The molecule has 1 nitrogen and oxygen atoms in total. The topological polar surface area (TPSA) is 13.1 Å². The van der Waals surface area contributed by atoms with Crippen LogP contribution < -0.4 is 0 Å². The molecule has 0 atom stereocenters. The Hall–Kier alpha value is -9.04. The molecule has 0 N–H and O–H groups in total. The second kappa shape index (κ2) is 16.0. The van der Waals surface area contributed by atoms with Crippen LogP contribution in [-0.2, 0) is 0 Å². The molecule has 70 heavy (non-hydrogen) atoms. The zero-order valence-electron chi connectivity index (χ0n) is 38.4. The van der Waals surface area contributed by atoms with E-state index in [0.717, 1.165) is 61.8 Å². The van der Waals surface area contributed by atoms with Gasteiger partial charge in [0.05, 0.1) is 0 Å². The summed E-state index contributed by atoms with van der Waals surface area (Å²) in [6.07, 6.45) is 14.2. The van der Waals surface area contributed by atoms with Gasteiger partial charge in [0.25, 0.3) is 0 Å². The lowest BCUT2D eigenvalue weighted by atomic mass is 9.89. The van der Waals surface area contributed by atoms with Crippen molar-refractivity contribution in [1.29, 1.82) is 0 Å². The first kappa shape index (κ1) is 40.1. The standard InChI is InChI=1S/C69H44O/c1-43-22-23-44(12-2-3-15-52(36-43)64-39-53-16-6-10-20-58(53)68-56-18-8-4-13-45(56)28-34-62(64)68)50-30-32-60-61-33-31-51(42-67(61)70-66(60)41-50)48-24-25-49-38-55(27-26-47(49)37-48)65-40-54-17-7-11-21-59(54)69-57-19-9-5-14-46(57)29-35-63(65)69/h3-42H,1-2H2/b15-3-,23-22-,44-12+,52-36?. The third-order valence-corrected chi connectivity index (χ3v) is 14.7. The van der Waals surface area contributed by atoms with E-state index < -0.39 is 0 Å². The SMILES string of the molecule is C=C1C=C(c2cc3ccccc3c3c2ccc2ccccc23)/C=C\C/C=C(c2ccc3c(c2)oc2cc(-c4ccc5cc(-c6cc7ccccc7c7c6ccc6ccccc67)ccc5c4)ccc23)\C=C/1. The lowest BCUT2D eigenvalue weighted by molar-refractivity contribution is 0.669. The molecular weight excluding hydrogens is 845 g/mol. The molecule has 0 bridgehead atoms. The fourth-order valence-corrected chi connectivity index (χ4v) is 11.3. The predicted octanol–water partition coefficient (Wildman–Crippen LogP) is 19.5. The van der Waals surface area contributed by atoms with Crippen molar-refractivity contribution < 1.29 is 4.42 Å². The molecule has 14 rings (SSSR count). The quantitative estimate of drug-likeness (QED) is 0.161. The van der Waals surface area contributed by atoms with Crippen molar-refractivity contribution in [1.82, 2.24) is 0 Å². The van der Waals surface area contributed by atoms with E-state index in [1.54, 1.807) is 0 Å². The first-order chi connectivity index (χ1) is 34.6. The van der Waals surface area contributed by atoms with E-state index in [1.807, 2.05) is 0 Å². The van der Waals surface area contributed by atoms with Crippen LogP contribution in [0.3, 0.4) is 0 Å². The molecular formula is C69H44O. The van der Waals surface area contributed by atoms with Gasteiger partial charge < -0.3 is 4.42 Å². The van der Waals surface area contributed by atoms with E-state index in [4.69, 9.17) is 4.42 Å². The summed E-state index contributed by atoms with van der Waals surface area (Å²) in [4.78, 5) is 0. The Balaban J connectivity index is 0.763. The van der Waals surface area contributed by atoms with Crippen molar-refractivity contribution >= 4 is 108 Å². The van der Waals surface area contributed by atoms with Gasteiger partial charge in [-0.2, -0.15) is 0 Å². The van der Waals surface area contributed by atoms with Gasteiger partial charge in [0.1, 0.15) is 11.2 Å². The minimum Gasteiger partial charge on any atom is -0.456 e. The van der Waals surface area contributed by atoms with Crippen molar-refractivity contribution in [3.63, 3.8) is 0 Å². The molecule has 0 amide bonds. The molecule has 0 saturated carbocycles. The van der Waals surface area contributed by atoms with Gasteiger partial charge >= 0.3 is 0 Å². The maximum atomic E-state index is 6.68. The second-order valence-corrected chi connectivity index (χ2v) is 18.8. The van der Waals surface area contributed by atoms with Crippen molar-refractivity contribution in [3.05, 3.63) is 266 Å². The predicted molar refractivity (Wildman–Crippen MR) is 302 cm³/mol.